The van der Waals surface area contributed by atoms with Crippen molar-refractivity contribution in [2.24, 2.45) is 4.99 Å². The number of ether oxygens (including phenoxy) is 3. The molecule has 2 aromatic rings. The van der Waals surface area contributed by atoms with Crippen molar-refractivity contribution in [1.29, 1.82) is 0 Å². The van der Waals surface area contributed by atoms with Crippen molar-refractivity contribution in [2.45, 2.75) is 6.92 Å². The van der Waals surface area contributed by atoms with Gasteiger partial charge in [0.15, 0.2) is 17.2 Å². The predicted molar refractivity (Wildman–Crippen MR) is 84.4 cm³/mol. The van der Waals surface area contributed by atoms with E-state index in [1.165, 1.54) is 0 Å². The lowest BCUT2D eigenvalue weighted by Crippen LogP contribution is -2.05. The molecule has 0 bridgehead atoms. The van der Waals surface area contributed by atoms with Gasteiger partial charge in [-0.25, -0.2) is 9.79 Å². The van der Waals surface area contributed by atoms with Crippen LogP contribution >= 0.6 is 0 Å². The maximum Gasteiger partial charge on any atom is 0.363 e. The van der Waals surface area contributed by atoms with E-state index in [1.54, 1.807) is 24.3 Å². The van der Waals surface area contributed by atoms with Crippen molar-refractivity contribution in [2.75, 3.05) is 6.79 Å². The Morgan fingerprint density at radius 1 is 1.04 bits per heavy atom. The monoisotopic (exact) mass is 307 g/mol. The van der Waals surface area contributed by atoms with E-state index in [1.807, 2.05) is 31.2 Å². The Kier molecular flexibility index (Phi) is 3.12. The van der Waals surface area contributed by atoms with E-state index >= 15 is 0 Å². The predicted octanol–water partition coefficient (Wildman–Crippen LogP) is 3.07. The summed E-state index contributed by atoms with van der Waals surface area (Å²) in [7, 11) is 0. The van der Waals surface area contributed by atoms with Gasteiger partial charge in [0.2, 0.25) is 12.7 Å². The second-order valence-corrected chi connectivity index (χ2v) is 5.31. The van der Waals surface area contributed by atoms with Gasteiger partial charge in [0.25, 0.3) is 0 Å². The quantitative estimate of drug-likeness (QED) is 0.632. The van der Waals surface area contributed by atoms with E-state index in [0.29, 0.717) is 17.1 Å². The number of esters is 1. The standard InChI is InChI=1S/C18H13NO4/c1-11-2-4-12(5-3-11)8-14-18(20)23-17(19-14)13-6-7-15-16(9-13)22-10-21-15/h2-9H,10H2,1H3/b14-8+. The number of hydrogen-bond donors (Lipinski definition) is 0. The lowest BCUT2D eigenvalue weighted by atomic mass is 10.1. The molecule has 5 nitrogen and oxygen atoms in total. The van der Waals surface area contributed by atoms with Crippen LogP contribution in [0.25, 0.3) is 6.08 Å². The van der Waals surface area contributed by atoms with Gasteiger partial charge in [-0.15, -0.1) is 0 Å². The van der Waals surface area contributed by atoms with Gasteiger partial charge in [0.1, 0.15) is 0 Å². The van der Waals surface area contributed by atoms with Crippen LogP contribution in [0, 0.1) is 6.92 Å². The highest BCUT2D eigenvalue weighted by Crippen LogP contribution is 2.33. The van der Waals surface area contributed by atoms with Crippen molar-refractivity contribution in [3.05, 3.63) is 64.9 Å². The molecule has 0 aliphatic carbocycles. The van der Waals surface area contributed by atoms with E-state index < -0.39 is 5.97 Å². The third-order valence-corrected chi connectivity index (χ3v) is 3.62. The second kappa shape index (κ2) is 5.28. The molecule has 2 aromatic carbocycles. The number of carbonyl (C=O) groups is 1. The van der Waals surface area contributed by atoms with Crippen LogP contribution in [0.1, 0.15) is 16.7 Å². The van der Waals surface area contributed by atoms with E-state index in [-0.39, 0.29) is 18.4 Å². The zero-order valence-electron chi connectivity index (χ0n) is 12.4. The summed E-state index contributed by atoms with van der Waals surface area (Å²) in [6, 6.07) is 13.1. The van der Waals surface area contributed by atoms with Gasteiger partial charge in [-0.2, -0.15) is 0 Å². The fraction of sp³-hybridized carbons (Fsp3) is 0.111. The van der Waals surface area contributed by atoms with E-state index in [4.69, 9.17) is 14.2 Å². The maximum absolute atomic E-state index is 12.0. The molecule has 0 fully saturated rings. The molecule has 0 saturated heterocycles. The molecule has 0 spiro atoms. The number of rotatable bonds is 2. The third-order valence-electron chi connectivity index (χ3n) is 3.62. The van der Waals surface area contributed by atoms with Gasteiger partial charge in [-0.1, -0.05) is 29.8 Å². The molecule has 0 atom stereocenters. The summed E-state index contributed by atoms with van der Waals surface area (Å²) in [6.45, 7) is 2.21. The topological polar surface area (TPSA) is 57.1 Å². The summed E-state index contributed by atoms with van der Waals surface area (Å²) in [5.41, 5.74) is 3.01. The number of carbonyl (C=O) groups excluding carboxylic acids is 1. The van der Waals surface area contributed by atoms with Gasteiger partial charge in [0, 0.05) is 5.56 Å². The lowest BCUT2D eigenvalue weighted by molar-refractivity contribution is -0.129. The van der Waals surface area contributed by atoms with Crippen LogP contribution in [0.4, 0.5) is 0 Å². The molecule has 0 unspecified atom stereocenters. The summed E-state index contributed by atoms with van der Waals surface area (Å²) in [4.78, 5) is 16.3. The maximum atomic E-state index is 12.0. The van der Waals surface area contributed by atoms with Crippen LogP contribution in [0.5, 0.6) is 11.5 Å². The summed E-state index contributed by atoms with van der Waals surface area (Å²) < 4.78 is 15.9. The molecular weight excluding hydrogens is 294 g/mol. The highest BCUT2D eigenvalue weighted by molar-refractivity contribution is 6.13. The highest BCUT2D eigenvalue weighted by Gasteiger charge is 2.25. The first-order valence-corrected chi connectivity index (χ1v) is 7.18. The summed E-state index contributed by atoms with van der Waals surface area (Å²) in [5.74, 6) is 1.11. The van der Waals surface area contributed by atoms with Crippen molar-refractivity contribution in [1.82, 2.24) is 0 Å². The molecule has 23 heavy (non-hydrogen) atoms. The van der Waals surface area contributed by atoms with Crippen molar-refractivity contribution < 1.29 is 19.0 Å². The Balaban J connectivity index is 1.66. The van der Waals surface area contributed by atoms with Crippen LogP contribution in [0.3, 0.4) is 0 Å². The number of aliphatic imine (C=N–C) groups is 1. The Hall–Kier alpha value is -3.08. The fourth-order valence-electron chi connectivity index (χ4n) is 2.38. The molecule has 5 heteroatoms. The normalized spacial score (nSPS) is 17.3. The Labute approximate surface area is 132 Å². The lowest BCUT2D eigenvalue weighted by Gasteiger charge is -2.01. The Bertz CT molecular complexity index is 850. The molecular formula is C18H13NO4. The van der Waals surface area contributed by atoms with Gasteiger partial charge in [0.05, 0.1) is 0 Å². The van der Waals surface area contributed by atoms with Gasteiger partial charge in [-0.05, 0) is 36.8 Å². The van der Waals surface area contributed by atoms with E-state index in [0.717, 1.165) is 11.1 Å². The smallest absolute Gasteiger partial charge is 0.363 e. The van der Waals surface area contributed by atoms with Crippen LogP contribution < -0.4 is 9.47 Å². The fourth-order valence-corrected chi connectivity index (χ4v) is 2.38. The molecule has 0 amide bonds. The molecule has 2 aliphatic rings. The molecule has 4 rings (SSSR count). The molecule has 2 heterocycles. The van der Waals surface area contributed by atoms with Crippen molar-refractivity contribution >= 4 is 17.9 Å². The summed E-state index contributed by atoms with van der Waals surface area (Å²) >= 11 is 0. The first-order valence-electron chi connectivity index (χ1n) is 7.18. The van der Waals surface area contributed by atoms with Crippen LogP contribution in [0.15, 0.2) is 53.2 Å². The molecule has 114 valence electrons. The van der Waals surface area contributed by atoms with Gasteiger partial charge >= 0.3 is 5.97 Å². The van der Waals surface area contributed by atoms with E-state index in [9.17, 15) is 4.79 Å². The minimum Gasteiger partial charge on any atom is -0.454 e. The largest absolute Gasteiger partial charge is 0.454 e. The van der Waals surface area contributed by atoms with Crippen LogP contribution in [0.2, 0.25) is 0 Å². The number of fused-ring (bicyclic) bond motifs is 1. The molecule has 0 saturated carbocycles. The average Bonchev–Trinajstić information content (AvgIpc) is 3.16. The zero-order chi connectivity index (χ0) is 15.8. The van der Waals surface area contributed by atoms with E-state index in [2.05, 4.69) is 4.99 Å². The Morgan fingerprint density at radius 2 is 1.83 bits per heavy atom. The molecule has 0 aromatic heterocycles. The SMILES string of the molecule is Cc1ccc(/C=C2/N=C(c3ccc4c(c3)OCO4)OC2=O)cc1. The molecule has 0 radical (unpaired) electrons. The minimum atomic E-state index is -0.460. The number of benzene rings is 2. The number of cyclic esters (lactones) is 1. The van der Waals surface area contributed by atoms with Gasteiger partial charge in [-0.3, -0.25) is 0 Å². The van der Waals surface area contributed by atoms with Crippen LogP contribution in [-0.2, 0) is 9.53 Å². The first kappa shape index (κ1) is 13.6. The van der Waals surface area contributed by atoms with Gasteiger partial charge < -0.3 is 14.2 Å². The first-order chi connectivity index (χ1) is 11.2. The number of nitrogens with zero attached hydrogens (tertiary/aromatic N) is 1. The van der Waals surface area contributed by atoms with Crippen molar-refractivity contribution in [3.8, 4) is 11.5 Å². The number of aryl methyl sites for hydroxylation is 1. The molecule has 2 aliphatic heterocycles. The summed E-state index contributed by atoms with van der Waals surface area (Å²) in [6.07, 6.45) is 1.71. The Morgan fingerprint density at radius 3 is 2.65 bits per heavy atom. The highest BCUT2D eigenvalue weighted by atomic mass is 16.7. The second-order valence-electron chi connectivity index (χ2n) is 5.31. The minimum absolute atomic E-state index is 0.198. The zero-order valence-corrected chi connectivity index (χ0v) is 12.4. The summed E-state index contributed by atoms with van der Waals surface area (Å²) in [5, 5.41) is 0. The van der Waals surface area contributed by atoms with Crippen LogP contribution in [-0.4, -0.2) is 18.7 Å². The van der Waals surface area contributed by atoms with Crippen molar-refractivity contribution in [3.63, 3.8) is 0 Å². The third kappa shape index (κ3) is 2.57. The average molecular weight is 307 g/mol. The number of hydrogen-bond acceptors (Lipinski definition) is 5. The molecule has 0 N–H and O–H groups in total.